The number of para-hydroxylation sites is 1. The summed E-state index contributed by atoms with van der Waals surface area (Å²) in [5.74, 6) is 1.21. The summed E-state index contributed by atoms with van der Waals surface area (Å²) in [6.45, 7) is 5.26. The number of rotatable bonds is 5. The number of likely N-dealkylation sites (N-methyl/N-ethyl adjacent to an activating group) is 1. The van der Waals surface area contributed by atoms with E-state index in [1.54, 1.807) is 14.2 Å². The maximum Gasteiger partial charge on any atom is 0.258 e. The molecule has 0 saturated carbocycles. The highest BCUT2D eigenvalue weighted by Crippen LogP contribution is 2.35. The van der Waals surface area contributed by atoms with Gasteiger partial charge in [-0.3, -0.25) is 9.69 Å². The zero-order valence-corrected chi connectivity index (χ0v) is 15.0. The Morgan fingerprint density at radius 3 is 2.58 bits per heavy atom. The molecular weight excluding hydrogens is 304 g/mol. The number of nitrogens with zero attached hydrogens (tertiary/aromatic N) is 2. The molecule has 24 heavy (non-hydrogen) atoms. The fourth-order valence-corrected chi connectivity index (χ4v) is 4.34. The van der Waals surface area contributed by atoms with Crippen molar-refractivity contribution in [3.8, 4) is 11.5 Å². The second-order valence-electron chi connectivity index (χ2n) is 6.59. The lowest BCUT2D eigenvalue weighted by Crippen LogP contribution is -2.48. The number of carbonyl (C=O) groups is 1. The summed E-state index contributed by atoms with van der Waals surface area (Å²) < 4.78 is 10.8. The largest absolute Gasteiger partial charge is 0.493 e. The molecular formula is C19H28N2O3. The van der Waals surface area contributed by atoms with Crippen LogP contribution in [0.15, 0.2) is 18.2 Å². The third kappa shape index (κ3) is 2.97. The van der Waals surface area contributed by atoms with E-state index in [4.69, 9.17) is 9.47 Å². The molecule has 0 aliphatic carbocycles. The van der Waals surface area contributed by atoms with Crippen LogP contribution in [0.5, 0.6) is 11.5 Å². The number of methoxy groups -OCH3 is 2. The molecule has 0 bridgehead atoms. The quantitative estimate of drug-likeness (QED) is 0.831. The highest BCUT2D eigenvalue weighted by molar-refractivity contribution is 5.98. The van der Waals surface area contributed by atoms with Gasteiger partial charge in [0.05, 0.1) is 19.8 Å². The minimum absolute atomic E-state index is 0.0659. The summed E-state index contributed by atoms with van der Waals surface area (Å²) in [6, 6.07) is 6.33. The van der Waals surface area contributed by atoms with Gasteiger partial charge in [-0.2, -0.15) is 0 Å². The van der Waals surface area contributed by atoms with Crippen molar-refractivity contribution >= 4 is 5.91 Å². The van der Waals surface area contributed by atoms with E-state index in [9.17, 15) is 4.79 Å². The van der Waals surface area contributed by atoms with Crippen molar-refractivity contribution in [3.05, 3.63) is 23.8 Å². The molecule has 132 valence electrons. The molecule has 0 unspecified atom stereocenters. The van der Waals surface area contributed by atoms with E-state index in [0.29, 0.717) is 29.1 Å². The predicted octanol–water partition coefficient (Wildman–Crippen LogP) is 2.79. The topological polar surface area (TPSA) is 42.0 Å². The van der Waals surface area contributed by atoms with Crippen LogP contribution in [0.25, 0.3) is 0 Å². The predicted molar refractivity (Wildman–Crippen MR) is 93.9 cm³/mol. The molecule has 2 aliphatic heterocycles. The second kappa shape index (κ2) is 7.43. The van der Waals surface area contributed by atoms with Crippen molar-refractivity contribution in [3.63, 3.8) is 0 Å². The van der Waals surface area contributed by atoms with E-state index in [2.05, 4.69) is 16.7 Å². The van der Waals surface area contributed by atoms with Crippen molar-refractivity contribution < 1.29 is 14.3 Å². The fraction of sp³-hybridized carbons (Fsp3) is 0.632. The zero-order chi connectivity index (χ0) is 17.1. The molecule has 1 aromatic carbocycles. The van der Waals surface area contributed by atoms with Gasteiger partial charge >= 0.3 is 0 Å². The average molecular weight is 332 g/mol. The Hall–Kier alpha value is -1.75. The second-order valence-corrected chi connectivity index (χ2v) is 6.59. The lowest BCUT2D eigenvalue weighted by Gasteiger charge is -2.34. The van der Waals surface area contributed by atoms with Gasteiger partial charge < -0.3 is 14.4 Å². The number of likely N-dealkylation sites (tertiary alicyclic amines) is 2. The molecule has 2 saturated heterocycles. The normalized spacial score (nSPS) is 24.4. The van der Waals surface area contributed by atoms with Gasteiger partial charge in [0.15, 0.2) is 11.5 Å². The smallest absolute Gasteiger partial charge is 0.258 e. The first kappa shape index (κ1) is 17.1. The summed E-state index contributed by atoms with van der Waals surface area (Å²) in [6.07, 6.45) is 4.60. The van der Waals surface area contributed by atoms with Crippen LogP contribution in [0.4, 0.5) is 0 Å². The molecule has 0 radical (unpaired) electrons. The first-order valence-corrected chi connectivity index (χ1v) is 8.97. The Bertz CT molecular complexity index is 590. The summed E-state index contributed by atoms with van der Waals surface area (Å²) in [5.41, 5.74) is 0.602. The fourth-order valence-electron chi connectivity index (χ4n) is 4.34. The number of benzene rings is 1. The first-order valence-electron chi connectivity index (χ1n) is 8.97. The van der Waals surface area contributed by atoms with Crippen LogP contribution in [0.2, 0.25) is 0 Å². The third-order valence-corrected chi connectivity index (χ3v) is 5.46. The standard InChI is InChI=1S/C19H28N2O3/c1-4-20-12-6-9-15(20)16-10-7-13-21(16)19(22)14-8-5-11-17(23-2)18(14)24-3/h5,8,11,15-16H,4,6-7,9-10,12-13H2,1-3H3/t15-,16+/m0/s1. The number of hydrogen-bond donors (Lipinski definition) is 0. The average Bonchev–Trinajstić information content (AvgIpc) is 3.28. The van der Waals surface area contributed by atoms with Gasteiger partial charge in [-0.25, -0.2) is 0 Å². The summed E-state index contributed by atoms with van der Waals surface area (Å²) >= 11 is 0. The van der Waals surface area contributed by atoms with Crippen LogP contribution < -0.4 is 9.47 Å². The van der Waals surface area contributed by atoms with Gasteiger partial charge in [-0.15, -0.1) is 0 Å². The van der Waals surface area contributed by atoms with Crippen LogP contribution in [-0.2, 0) is 0 Å². The Balaban J connectivity index is 1.86. The van der Waals surface area contributed by atoms with E-state index in [1.807, 2.05) is 18.2 Å². The molecule has 0 spiro atoms. The van der Waals surface area contributed by atoms with E-state index in [0.717, 1.165) is 32.5 Å². The molecule has 5 nitrogen and oxygen atoms in total. The van der Waals surface area contributed by atoms with Crippen LogP contribution >= 0.6 is 0 Å². The van der Waals surface area contributed by atoms with E-state index < -0.39 is 0 Å². The summed E-state index contributed by atoms with van der Waals surface area (Å²) in [7, 11) is 3.19. The maximum absolute atomic E-state index is 13.2. The van der Waals surface area contributed by atoms with Gasteiger partial charge in [0.2, 0.25) is 0 Å². The molecule has 1 amide bonds. The Morgan fingerprint density at radius 2 is 1.88 bits per heavy atom. The van der Waals surface area contributed by atoms with E-state index in [-0.39, 0.29) is 5.91 Å². The zero-order valence-electron chi connectivity index (χ0n) is 15.0. The van der Waals surface area contributed by atoms with Crippen molar-refractivity contribution in [2.45, 2.75) is 44.7 Å². The maximum atomic E-state index is 13.2. The minimum atomic E-state index is 0.0659. The highest BCUT2D eigenvalue weighted by Gasteiger charge is 2.40. The monoisotopic (exact) mass is 332 g/mol. The van der Waals surface area contributed by atoms with Crippen LogP contribution in [0, 0.1) is 0 Å². The van der Waals surface area contributed by atoms with Gasteiger partial charge in [0.1, 0.15) is 0 Å². The van der Waals surface area contributed by atoms with Crippen molar-refractivity contribution in [1.82, 2.24) is 9.80 Å². The van der Waals surface area contributed by atoms with Crippen molar-refractivity contribution in [2.24, 2.45) is 0 Å². The lowest BCUT2D eigenvalue weighted by atomic mass is 10.0. The molecule has 2 aliphatic rings. The van der Waals surface area contributed by atoms with Crippen molar-refractivity contribution in [2.75, 3.05) is 33.9 Å². The number of amides is 1. The Kier molecular flexibility index (Phi) is 5.29. The molecule has 2 fully saturated rings. The molecule has 0 aromatic heterocycles. The molecule has 5 heteroatoms. The van der Waals surface area contributed by atoms with E-state index in [1.165, 1.54) is 12.8 Å². The highest BCUT2D eigenvalue weighted by atomic mass is 16.5. The summed E-state index contributed by atoms with van der Waals surface area (Å²) in [4.78, 5) is 17.8. The van der Waals surface area contributed by atoms with Gasteiger partial charge in [-0.1, -0.05) is 13.0 Å². The molecule has 2 heterocycles. The molecule has 2 atom stereocenters. The van der Waals surface area contributed by atoms with Gasteiger partial charge in [0, 0.05) is 18.6 Å². The minimum Gasteiger partial charge on any atom is -0.493 e. The number of hydrogen-bond acceptors (Lipinski definition) is 4. The Morgan fingerprint density at radius 1 is 1.12 bits per heavy atom. The number of ether oxygens (including phenoxy) is 2. The summed E-state index contributed by atoms with van der Waals surface area (Å²) in [5, 5.41) is 0. The van der Waals surface area contributed by atoms with Crippen LogP contribution in [-0.4, -0.2) is 61.6 Å². The van der Waals surface area contributed by atoms with Gasteiger partial charge in [0.25, 0.3) is 5.91 Å². The first-order chi connectivity index (χ1) is 11.7. The van der Waals surface area contributed by atoms with Crippen molar-refractivity contribution in [1.29, 1.82) is 0 Å². The molecule has 0 N–H and O–H groups in total. The SMILES string of the molecule is CCN1CCC[C@H]1[C@H]1CCCN1C(=O)c1cccc(OC)c1OC. The number of carbonyl (C=O) groups excluding carboxylic acids is 1. The van der Waals surface area contributed by atoms with Gasteiger partial charge in [-0.05, 0) is 50.9 Å². The third-order valence-electron chi connectivity index (χ3n) is 5.46. The lowest BCUT2D eigenvalue weighted by molar-refractivity contribution is 0.0646. The Labute approximate surface area is 144 Å². The van der Waals surface area contributed by atoms with E-state index >= 15 is 0 Å². The molecule has 3 rings (SSSR count). The molecule has 1 aromatic rings. The van der Waals surface area contributed by atoms with Crippen LogP contribution in [0.3, 0.4) is 0 Å². The van der Waals surface area contributed by atoms with Crippen LogP contribution in [0.1, 0.15) is 43.0 Å².